The molecule has 1 aliphatic heterocycles. The minimum atomic E-state index is -0.798. The van der Waals surface area contributed by atoms with Crippen LogP contribution < -0.4 is 14.8 Å². The molecule has 0 saturated carbocycles. The summed E-state index contributed by atoms with van der Waals surface area (Å²) in [6.07, 6.45) is 0.936. The number of carboxylic acids is 1. The van der Waals surface area contributed by atoms with Crippen LogP contribution in [0.5, 0.6) is 11.5 Å². The molecule has 1 aromatic rings. The molecule has 0 atom stereocenters. The summed E-state index contributed by atoms with van der Waals surface area (Å²) in [6, 6.07) is 3.12. The van der Waals surface area contributed by atoms with Crippen LogP contribution in [0, 0.1) is 5.92 Å². The van der Waals surface area contributed by atoms with Crippen LogP contribution in [0.2, 0.25) is 0 Å². The lowest BCUT2D eigenvalue weighted by molar-refractivity contribution is -0.143. The second-order valence-corrected chi connectivity index (χ2v) is 6.07. The number of halogens is 1. The summed E-state index contributed by atoms with van der Waals surface area (Å²) in [5.41, 5.74) is 0.563. The summed E-state index contributed by atoms with van der Waals surface area (Å²) in [7, 11) is 3.06. The third-order valence-corrected chi connectivity index (χ3v) is 4.50. The highest BCUT2D eigenvalue weighted by Gasteiger charge is 2.27. The number of carbonyl (C=O) groups excluding carboxylic acids is 1. The molecule has 0 aliphatic carbocycles. The maximum atomic E-state index is 12.3. The van der Waals surface area contributed by atoms with Crippen molar-refractivity contribution in [3.8, 4) is 11.5 Å². The number of hydrogen-bond donors (Lipinski definition) is 2. The molecule has 2 N–H and O–H groups in total. The smallest absolute Gasteiger partial charge is 0.321 e. The van der Waals surface area contributed by atoms with Crippen molar-refractivity contribution < 1.29 is 24.2 Å². The fraction of sp³-hybridized carbons (Fsp3) is 0.467. The number of anilines is 1. The van der Waals surface area contributed by atoms with Gasteiger partial charge in [0.25, 0.3) is 0 Å². The number of nitrogens with zero attached hydrogens (tertiary/aromatic N) is 1. The first kappa shape index (κ1) is 17.4. The number of rotatable bonds is 4. The Labute approximate surface area is 142 Å². The highest BCUT2D eigenvalue weighted by molar-refractivity contribution is 9.10. The van der Waals surface area contributed by atoms with Crippen LogP contribution >= 0.6 is 15.9 Å². The van der Waals surface area contributed by atoms with Gasteiger partial charge in [0.05, 0.1) is 25.8 Å². The monoisotopic (exact) mass is 386 g/mol. The number of likely N-dealkylation sites (tertiary alicyclic amines) is 1. The van der Waals surface area contributed by atoms with Crippen molar-refractivity contribution in [2.24, 2.45) is 5.92 Å². The third kappa shape index (κ3) is 4.07. The zero-order valence-electron chi connectivity index (χ0n) is 13.0. The molecule has 1 aliphatic rings. The van der Waals surface area contributed by atoms with E-state index in [1.165, 1.54) is 14.2 Å². The van der Waals surface area contributed by atoms with Crippen molar-refractivity contribution in [2.75, 3.05) is 32.6 Å². The first-order chi connectivity index (χ1) is 11.0. The van der Waals surface area contributed by atoms with E-state index in [9.17, 15) is 9.59 Å². The van der Waals surface area contributed by atoms with Gasteiger partial charge in [-0.2, -0.15) is 0 Å². The Hall–Kier alpha value is -1.96. The van der Waals surface area contributed by atoms with Gasteiger partial charge in [-0.25, -0.2) is 4.79 Å². The lowest BCUT2D eigenvalue weighted by Gasteiger charge is -2.30. The quantitative estimate of drug-likeness (QED) is 0.830. The van der Waals surface area contributed by atoms with E-state index in [0.717, 1.165) is 0 Å². The molecule has 1 fully saturated rings. The topological polar surface area (TPSA) is 88.1 Å². The Morgan fingerprint density at radius 2 is 1.78 bits per heavy atom. The van der Waals surface area contributed by atoms with Gasteiger partial charge in [-0.15, -0.1) is 0 Å². The molecule has 23 heavy (non-hydrogen) atoms. The zero-order chi connectivity index (χ0) is 17.0. The molecule has 7 nitrogen and oxygen atoms in total. The Balaban J connectivity index is 2.05. The summed E-state index contributed by atoms with van der Waals surface area (Å²) in [5.74, 6) is -0.102. The molecule has 0 spiro atoms. The van der Waals surface area contributed by atoms with Crippen molar-refractivity contribution >= 4 is 33.6 Å². The summed E-state index contributed by atoms with van der Waals surface area (Å²) in [6.45, 7) is 0.849. The van der Waals surface area contributed by atoms with Gasteiger partial charge < -0.3 is 24.8 Å². The van der Waals surface area contributed by atoms with E-state index < -0.39 is 5.97 Å². The van der Waals surface area contributed by atoms with Gasteiger partial charge >= 0.3 is 12.0 Å². The van der Waals surface area contributed by atoms with Crippen LogP contribution in [0.15, 0.2) is 16.6 Å². The number of hydrogen-bond acceptors (Lipinski definition) is 4. The fourth-order valence-corrected chi connectivity index (χ4v) is 2.90. The molecular weight excluding hydrogens is 368 g/mol. The Bertz CT molecular complexity index is 600. The Morgan fingerprint density at radius 3 is 2.30 bits per heavy atom. The van der Waals surface area contributed by atoms with E-state index in [0.29, 0.717) is 47.6 Å². The molecule has 1 heterocycles. The second kappa shape index (κ2) is 7.54. The van der Waals surface area contributed by atoms with Crippen molar-refractivity contribution in [3.63, 3.8) is 0 Å². The minimum absolute atomic E-state index is 0.262. The van der Waals surface area contributed by atoms with Crippen LogP contribution in [0.4, 0.5) is 10.5 Å². The summed E-state index contributed by atoms with van der Waals surface area (Å²) in [4.78, 5) is 24.9. The van der Waals surface area contributed by atoms with Gasteiger partial charge in [-0.3, -0.25) is 4.79 Å². The summed E-state index contributed by atoms with van der Waals surface area (Å²) >= 11 is 3.39. The molecule has 1 saturated heterocycles. The lowest BCUT2D eigenvalue weighted by atomic mass is 9.97. The van der Waals surface area contributed by atoms with Gasteiger partial charge in [0, 0.05) is 29.7 Å². The average Bonchev–Trinajstić information content (AvgIpc) is 2.56. The number of nitrogens with one attached hydrogen (secondary N) is 1. The van der Waals surface area contributed by atoms with E-state index in [1.807, 2.05) is 0 Å². The molecule has 8 heteroatoms. The molecule has 1 aromatic carbocycles. The van der Waals surface area contributed by atoms with Gasteiger partial charge in [-0.05, 0) is 28.8 Å². The Morgan fingerprint density at radius 1 is 1.22 bits per heavy atom. The van der Waals surface area contributed by atoms with E-state index in [1.54, 1.807) is 17.0 Å². The van der Waals surface area contributed by atoms with Crippen LogP contribution in [0.3, 0.4) is 0 Å². The van der Waals surface area contributed by atoms with Gasteiger partial charge in [0.1, 0.15) is 0 Å². The molecule has 0 bridgehead atoms. The number of benzene rings is 1. The highest BCUT2D eigenvalue weighted by Crippen LogP contribution is 2.36. The van der Waals surface area contributed by atoms with Crippen LogP contribution in [0.25, 0.3) is 0 Å². The molecule has 2 rings (SSSR count). The first-order valence-corrected chi connectivity index (χ1v) is 7.95. The number of carbonyl (C=O) groups is 2. The van der Waals surface area contributed by atoms with Crippen molar-refractivity contribution in [1.29, 1.82) is 0 Å². The van der Waals surface area contributed by atoms with E-state index >= 15 is 0 Å². The number of carboxylic acid groups (broad SMARTS) is 1. The van der Waals surface area contributed by atoms with E-state index in [4.69, 9.17) is 14.6 Å². The van der Waals surface area contributed by atoms with Gasteiger partial charge in [0.2, 0.25) is 0 Å². The predicted octanol–water partition coefficient (Wildman–Crippen LogP) is 2.79. The molecular formula is C15H19BrN2O5. The molecule has 0 aromatic heterocycles. The third-order valence-electron chi connectivity index (χ3n) is 3.85. The maximum absolute atomic E-state index is 12.3. The van der Waals surface area contributed by atoms with Crippen LogP contribution in [0.1, 0.15) is 12.8 Å². The maximum Gasteiger partial charge on any atom is 0.321 e. The van der Waals surface area contributed by atoms with Crippen LogP contribution in [-0.2, 0) is 4.79 Å². The Kier molecular flexibility index (Phi) is 5.70. The van der Waals surface area contributed by atoms with Crippen molar-refractivity contribution in [3.05, 3.63) is 16.6 Å². The number of ether oxygens (including phenoxy) is 2. The molecule has 2 amide bonds. The number of amides is 2. The fourth-order valence-electron chi connectivity index (χ4n) is 2.47. The highest BCUT2D eigenvalue weighted by atomic mass is 79.9. The van der Waals surface area contributed by atoms with Crippen LogP contribution in [-0.4, -0.2) is 49.3 Å². The minimum Gasteiger partial charge on any atom is -0.493 e. The molecule has 126 valence electrons. The SMILES string of the molecule is COc1cc(Br)c(NC(=O)N2CCC(C(=O)O)CC2)cc1OC. The average molecular weight is 387 g/mol. The summed E-state index contributed by atoms with van der Waals surface area (Å²) < 4.78 is 11.1. The molecule has 0 radical (unpaired) electrons. The molecule has 0 unspecified atom stereocenters. The van der Waals surface area contributed by atoms with Gasteiger partial charge in [0.15, 0.2) is 11.5 Å². The summed E-state index contributed by atoms with van der Waals surface area (Å²) in [5, 5.41) is 11.8. The first-order valence-electron chi connectivity index (χ1n) is 7.16. The van der Waals surface area contributed by atoms with E-state index in [-0.39, 0.29) is 11.9 Å². The van der Waals surface area contributed by atoms with E-state index in [2.05, 4.69) is 21.2 Å². The zero-order valence-corrected chi connectivity index (χ0v) is 14.6. The predicted molar refractivity (Wildman–Crippen MR) is 88.2 cm³/mol. The number of piperidine rings is 1. The largest absolute Gasteiger partial charge is 0.493 e. The number of aliphatic carboxylic acids is 1. The van der Waals surface area contributed by atoms with Crippen molar-refractivity contribution in [2.45, 2.75) is 12.8 Å². The van der Waals surface area contributed by atoms with Gasteiger partial charge in [-0.1, -0.05) is 0 Å². The standard InChI is InChI=1S/C15H19BrN2O5/c1-22-12-7-10(16)11(8-13(12)23-2)17-15(21)18-5-3-9(4-6-18)14(19)20/h7-9H,3-6H2,1-2H3,(H,17,21)(H,19,20). The number of methoxy groups -OCH3 is 2. The normalized spacial score (nSPS) is 15.2. The second-order valence-electron chi connectivity index (χ2n) is 5.22. The number of urea groups is 1. The van der Waals surface area contributed by atoms with Crippen molar-refractivity contribution in [1.82, 2.24) is 4.90 Å². The lowest BCUT2D eigenvalue weighted by Crippen LogP contribution is -2.42.